The molecule has 0 aliphatic heterocycles. The van der Waals surface area contributed by atoms with Gasteiger partial charge in [-0.1, -0.05) is 29.8 Å². The first kappa shape index (κ1) is 19.4. The molecule has 134 valence electrons. The van der Waals surface area contributed by atoms with Gasteiger partial charge in [-0.2, -0.15) is 4.31 Å². The van der Waals surface area contributed by atoms with Crippen molar-refractivity contribution in [2.75, 3.05) is 18.9 Å². The van der Waals surface area contributed by atoms with Gasteiger partial charge >= 0.3 is 0 Å². The van der Waals surface area contributed by atoms with Crippen molar-refractivity contribution in [2.24, 2.45) is 0 Å². The number of nitrogens with one attached hydrogen (secondary N) is 1. The van der Waals surface area contributed by atoms with Crippen LogP contribution < -0.4 is 5.32 Å². The maximum atomic E-state index is 13.2. The van der Waals surface area contributed by atoms with Crippen molar-refractivity contribution in [3.8, 4) is 0 Å². The molecule has 8 heteroatoms. The Morgan fingerprint density at radius 1 is 1.20 bits per heavy atom. The number of amides is 1. The Morgan fingerprint density at radius 2 is 1.80 bits per heavy atom. The second kappa shape index (κ2) is 7.51. The van der Waals surface area contributed by atoms with E-state index in [2.05, 4.69) is 5.32 Å². The Bertz CT molecular complexity index is 896. The summed E-state index contributed by atoms with van der Waals surface area (Å²) >= 11 is 5.64. The summed E-state index contributed by atoms with van der Waals surface area (Å²) in [5.74, 6) is -1.19. The van der Waals surface area contributed by atoms with Crippen molar-refractivity contribution in [3.05, 3.63) is 58.4 Å². The zero-order chi connectivity index (χ0) is 18.8. The van der Waals surface area contributed by atoms with Crippen LogP contribution in [0.5, 0.6) is 0 Å². The van der Waals surface area contributed by atoms with E-state index in [1.807, 2.05) is 32.0 Å². The summed E-state index contributed by atoms with van der Waals surface area (Å²) < 4.78 is 39.1. The molecular weight excluding hydrogens is 367 g/mol. The first-order chi connectivity index (χ1) is 11.6. The van der Waals surface area contributed by atoms with E-state index in [1.54, 1.807) is 0 Å². The monoisotopic (exact) mass is 384 g/mol. The Morgan fingerprint density at radius 3 is 2.36 bits per heavy atom. The van der Waals surface area contributed by atoms with Crippen LogP contribution in [0, 0.1) is 19.7 Å². The van der Waals surface area contributed by atoms with Crippen molar-refractivity contribution < 1.29 is 17.6 Å². The summed E-state index contributed by atoms with van der Waals surface area (Å²) in [6, 6.07) is 8.67. The number of likely N-dealkylation sites (N-methyl/N-ethyl adjacent to an activating group) is 1. The van der Waals surface area contributed by atoms with Crippen LogP contribution in [0.25, 0.3) is 0 Å². The minimum atomic E-state index is -3.96. The summed E-state index contributed by atoms with van der Waals surface area (Å²) in [5.41, 5.74) is 2.41. The Kier molecular flexibility index (Phi) is 5.82. The van der Waals surface area contributed by atoms with Crippen LogP contribution in [-0.4, -0.2) is 32.2 Å². The largest absolute Gasteiger partial charge is 0.324 e. The molecule has 0 saturated carbocycles. The van der Waals surface area contributed by atoms with Crippen molar-refractivity contribution in [2.45, 2.75) is 18.7 Å². The number of sulfonamides is 1. The molecule has 1 N–H and O–H groups in total. The molecule has 0 bridgehead atoms. The van der Waals surface area contributed by atoms with Gasteiger partial charge in [0.25, 0.3) is 0 Å². The summed E-state index contributed by atoms with van der Waals surface area (Å²) in [6.07, 6.45) is 0. The average molecular weight is 385 g/mol. The number of hydrogen-bond donors (Lipinski definition) is 1. The zero-order valence-electron chi connectivity index (χ0n) is 14.0. The second-order valence-corrected chi connectivity index (χ2v) is 8.10. The number of rotatable bonds is 5. The van der Waals surface area contributed by atoms with Crippen molar-refractivity contribution in [3.63, 3.8) is 0 Å². The fraction of sp³-hybridized carbons (Fsp3) is 0.235. The molecule has 0 unspecified atom stereocenters. The van der Waals surface area contributed by atoms with Crippen LogP contribution in [0.1, 0.15) is 11.1 Å². The molecule has 5 nitrogen and oxygen atoms in total. The number of carbonyl (C=O) groups excluding carboxylic acids is 1. The SMILES string of the molecule is Cc1cccc(C)c1NC(=O)CN(C)S(=O)(=O)c1ccc(F)c(Cl)c1. The second-order valence-electron chi connectivity index (χ2n) is 5.65. The first-order valence-corrected chi connectivity index (χ1v) is 9.22. The van der Waals surface area contributed by atoms with Gasteiger partial charge in [-0.25, -0.2) is 12.8 Å². The van der Waals surface area contributed by atoms with Crippen molar-refractivity contribution in [1.82, 2.24) is 4.31 Å². The van der Waals surface area contributed by atoms with Crippen molar-refractivity contribution >= 4 is 33.2 Å². The topological polar surface area (TPSA) is 66.5 Å². The standard InChI is InChI=1S/C17H18ClFN2O3S/c1-11-5-4-6-12(2)17(11)20-16(22)10-21(3)25(23,24)13-7-8-15(19)14(18)9-13/h4-9H,10H2,1-3H3,(H,20,22). The smallest absolute Gasteiger partial charge is 0.243 e. The molecule has 0 aromatic heterocycles. The van der Waals surface area contributed by atoms with E-state index in [9.17, 15) is 17.6 Å². The van der Waals surface area contributed by atoms with E-state index in [0.29, 0.717) is 5.69 Å². The Balaban J connectivity index is 2.16. The number of para-hydroxylation sites is 1. The first-order valence-electron chi connectivity index (χ1n) is 7.40. The summed E-state index contributed by atoms with van der Waals surface area (Å²) in [4.78, 5) is 12.0. The number of carbonyl (C=O) groups is 1. The maximum absolute atomic E-state index is 13.2. The molecule has 0 atom stereocenters. The van der Waals surface area contributed by atoms with Gasteiger partial charge in [0, 0.05) is 12.7 Å². The normalized spacial score (nSPS) is 11.6. The minimum Gasteiger partial charge on any atom is -0.324 e. The lowest BCUT2D eigenvalue weighted by Crippen LogP contribution is -2.35. The number of benzene rings is 2. The minimum absolute atomic E-state index is 0.179. The highest BCUT2D eigenvalue weighted by Gasteiger charge is 2.24. The van der Waals surface area contributed by atoms with E-state index in [-0.39, 0.29) is 16.5 Å². The molecule has 2 aromatic rings. The highest BCUT2D eigenvalue weighted by Crippen LogP contribution is 2.22. The molecule has 0 radical (unpaired) electrons. The molecule has 0 aliphatic carbocycles. The molecule has 2 aromatic carbocycles. The zero-order valence-corrected chi connectivity index (χ0v) is 15.6. The number of hydrogen-bond acceptors (Lipinski definition) is 3. The van der Waals surface area contributed by atoms with E-state index >= 15 is 0 Å². The molecular formula is C17H18ClFN2O3S. The molecule has 0 fully saturated rings. The van der Waals surface area contributed by atoms with Gasteiger partial charge < -0.3 is 5.32 Å². The number of anilines is 1. The van der Waals surface area contributed by atoms with E-state index in [0.717, 1.165) is 33.6 Å². The Labute approximate surface area is 151 Å². The number of aryl methyl sites for hydroxylation is 2. The van der Waals surface area contributed by atoms with Crippen LogP contribution in [0.15, 0.2) is 41.3 Å². The molecule has 25 heavy (non-hydrogen) atoms. The van der Waals surface area contributed by atoms with Gasteiger partial charge in [0.2, 0.25) is 15.9 Å². The van der Waals surface area contributed by atoms with Gasteiger partial charge in [0.1, 0.15) is 5.82 Å². The Hall–Kier alpha value is -1.96. The highest BCUT2D eigenvalue weighted by molar-refractivity contribution is 7.89. The molecule has 0 saturated heterocycles. The van der Waals surface area contributed by atoms with Crippen LogP contribution in [0.3, 0.4) is 0 Å². The third-order valence-electron chi connectivity index (χ3n) is 3.71. The van der Waals surface area contributed by atoms with E-state index in [4.69, 9.17) is 11.6 Å². The van der Waals surface area contributed by atoms with E-state index in [1.165, 1.54) is 7.05 Å². The molecule has 0 spiro atoms. The average Bonchev–Trinajstić information content (AvgIpc) is 2.53. The summed E-state index contributed by atoms with van der Waals surface area (Å²) in [7, 11) is -2.69. The van der Waals surface area contributed by atoms with Crippen LogP contribution >= 0.6 is 11.6 Å². The number of halogens is 2. The van der Waals surface area contributed by atoms with Crippen LogP contribution in [0.4, 0.5) is 10.1 Å². The predicted molar refractivity (Wildman–Crippen MR) is 95.8 cm³/mol. The van der Waals surface area contributed by atoms with Gasteiger partial charge in [-0.05, 0) is 43.2 Å². The van der Waals surface area contributed by atoms with Crippen LogP contribution in [-0.2, 0) is 14.8 Å². The lowest BCUT2D eigenvalue weighted by molar-refractivity contribution is -0.116. The fourth-order valence-electron chi connectivity index (χ4n) is 2.30. The number of nitrogens with zero attached hydrogens (tertiary/aromatic N) is 1. The van der Waals surface area contributed by atoms with Crippen LogP contribution in [0.2, 0.25) is 5.02 Å². The predicted octanol–water partition coefficient (Wildman–Crippen LogP) is 3.36. The summed E-state index contributed by atoms with van der Waals surface area (Å²) in [6.45, 7) is 3.32. The highest BCUT2D eigenvalue weighted by atomic mass is 35.5. The van der Waals surface area contributed by atoms with Crippen molar-refractivity contribution in [1.29, 1.82) is 0 Å². The maximum Gasteiger partial charge on any atom is 0.243 e. The van der Waals surface area contributed by atoms with E-state index < -0.39 is 21.7 Å². The molecule has 0 heterocycles. The molecule has 1 amide bonds. The quantitative estimate of drug-likeness (QED) is 0.859. The van der Waals surface area contributed by atoms with Gasteiger partial charge in [-0.15, -0.1) is 0 Å². The lowest BCUT2D eigenvalue weighted by atomic mass is 10.1. The van der Waals surface area contributed by atoms with Gasteiger partial charge in [-0.3, -0.25) is 4.79 Å². The summed E-state index contributed by atoms with van der Waals surface area (Å²) in [5, 5.41) is 2.43. The lowest BCUT2D eigenvalue weighted by Gasteiger charge is -2.18. The molecule has 2 rings (SSSR count). The third-order valence-corrected chi connectivity index (χ3v) is 5.80. The third kappa shape index (κ3) is 4.36. The molecule has 0 aliphatic rings. The van der Waals surface area contributed by atoms with Gasteiger partial charge in [0.15, 0.2) is 0 Å². The van der Waals surface area contributed by atoms with Gasteiger partial charge in [0.05, 0.1) is 16.5 Å². The fourth-order valence-corrected chi connectivity index (χ4v) is 3.69.